The molecule has 116 valence electrons. The minimum absolute atomic E-state index is 0.247. The Morgan fingerprint density at radius 1 is 1.10 bits per heavy atom. The number of nitrogens with one attached hydrogen (secondary N) is 1. The van der Waals surface area contributed by atoms with Crippen molar-refractivity contribution in [3.8, 4) is 0 Å². The molecule has 0 unspecified atom stereocenters. The second kappa shape index (κ2) is 5.79. The molecule has 0 aliphatic heterocycles. The monoisotopic (exact) mass is 301 g/mol. The van der Waals surface area contributed by atoms with Gasteiger partial charge in [0.05, 0.1) is 12.2 Å². The minimum atomic E-state index is -4.42. The summed E-state index contributed by atoms with van der Waals surface area (Å²) in [5, 5.41) is 10.9. The molecule has 21 heavy (non-hydrogen) atoms. The van der Waals surface area contributed by atoms with Crippen LogP contribution >= 0.6 is 0 Å². The van der Waals surface area contributed by atoms with E-state index >= 15 is 0 Å². The summed E-state index contributed by atoms with van der Waals surface area (Å²) in [6.07, 6.45) is -4.42. The lowest BCUT2D eigenvalue weighted by Gasteiger charge is -2.05. The molecule has 0 spiro atoms. The number of aryl methyl sites for hydroxylation is 3. The van der Waals surface area contributed by atoms with E-state index in [-0.39, 0.29) is 6.54 Å². The quantitative estimate of drug-likeness (QED) is 0.923. The lowest BCUT2D eigenvalue weighted by Crippen LogP contribution is -2.09. The zero-order valence-electron chi connectivity index (χ0n) is 12.2. The van der Waals surface area contributed by atoms with Gasteiger partial charge in [0.25, 0.3) is 0 Å². The average Bonchev–Trinajstić information content (AvgIpc) is 2.98. The van der Waals surface area contributed by atoms with E-state index in [1.165, 1.54) is 4.68 Å². The van der Waals surface area contributed by atoms with Crippen molar-refractivity contribution < 1.29 is 13.2 Å². The van der Waals surface area contributed by atoms with E-state index < -0.39 is 11.9 Å². The van der Waals surface area contributed by atoms with Gasteiger partial charge < -0.3 is 5.32 Å². The van der Waals surface area contributed by atoms with E-state index in [4.69, 9.17) is 0 Å². The Hall–Kier alpha value is -1.99. The van der Waals surface area contributed by atoms with Crippen molar-refractivity contribution in [1.82, 2.24) is 19.6 Å². The maximum Gasteiger partial charge on any atom is 0.435 e. The lowest BCUT2D eigenvalue weighted by atomic mass is 10.3. The molecule has 1 N–H and O–H groups in total. The van der Waals surface area contributed by atoms with Gasteiger partial charge in [0, 0.05) is 24.8 Å². The molecule has 0 amide bonds. The molecule has 2 aromatic rings. The Labute approximate surface area is 120 Å². The first-order valence-corrected chi connectivity index (χ1v) is 6.77. The van der Waals surface area contributed by atoms with E-state index in [9.17, 15) is 13.2 Å². The van der Waals surface area contributed by atoms with Crippen LogP contribution in [0.5, 0.6) is 0 Å². The largest absolute Gasteiger partial charge is 0.435 e. The number of alkyl halides is 3. The Morgan fingerprint density at radius 2 is 1.76 bits per heavy atom. The first kappa shape index (κ1) is 15.4. The molecule has 0 atom stereocenters. The van der Waals surface area contributed by atoms with E-state index in [1.54, 1.807) is 6.92 Å². The zero-order chi connectivity index (χ0) is 15.6. The van der Waals surface area contributed by atoms with Crippen molar-refractivity contribution in [1.29, 1.82) is 0 Å². The number of hydrogen-bond donors (Lipinski definition) is 1. The van der Waals surface area contributed by atoms with Gasteiger partial charge in [-0.3, -0.25) is 9.36 Å². The maximum absolute atomic E-state index is 12.7. The number of anilines is 1. The highest BCUT2D eigenvalue weighted by Gasteiger charge is 2.34. The van der Waals surface area contributed by atoms with Crippen LogP contribution in [0.2, 0.25) is 0 Å². The fourth-order valence-electron chi connectivity index (χ4n) is 2.11. The molecule has 2 heterocycles. The van der Waals surface area contributed by atoms with Crippen LogP contribution in [-0.2, 0) is 25.8 Å². The predicted molar refractivity (Wildman–Crippen MR) is 72.9 cm³/mol. The standard InChI is InChI=1S/C13H18F3N5/c1-4-20-9(3)6-12(19-20)17-8-10-7-11(13(14,15)16)18-21(10)5-2/h6-7H,4-5,8H2,1-3H3,(H,17,19). The van der Waals surface area contributed by atoms with Gasteiger partial charge in [-0.05, 0) is 26.8 Å². The summed E-state index contributed by atoms with van der Waals surface area (Å²) < 4.78 is 41.2. The van der Waals surface area contributed by atoms with Crippen LogP contribution in [0.4, 0.5) is 19.0 Å². The van der Waals surface area contributed by atoms with Gasteiger partial charge in [-0.25, -0.2) is 0 Å². The molecule has 0 aromatic carbocycles. The van der Waals surface area contributed by atoms with E-state index in [1.807, 2.05) is 24.6 Å². The smallest absolute Gasteiger partial charge is 0.363 e. The van der Waals surface area contributed by atoms with Crippen LogP contribution in [-0.4, -0.2) is 19.6 Å². The summed E-state index contributed by atoms with van der Waals surface area (Å²) in [5.74, 6) is 0.645. The van der Waals surface area contributed by atoms with Crippen molar-refractivity contribution in [3.63, 3.8) is 0 Å². The third-order valence-electron chi connectivity index (χ3n) is 3.18. The molecule has 0 radical (unpaired) electrons. The van der Waals surface area contributed by atoms with Crippen molar-refractivity contribution in [2.45, 2.75) is 46.6 Å². The Kier molecular flexibility index (Phi) is 4.24. The van der Waals surface area contributed by atoms with Crippen molar-refractivity contribution in [2.75, 3.05) is 5.32 Å². The minimum Gasteiger partial charge on any atom is -0.363 e. The van der Waals surface area contributed by atoms with Gasteiger partial charge in [0.2, 0.25) is 0 Å². The first-order chi connectivity index (χ1) is 9.85. The number of nitrogens with zero attached hydrogens (tertiary/aromatic N) is 4. The molecular weight excluding hydrogens is 283 g/mol. The van der Waals surface area contributed by atoms with Crippen LogP contribution in [0.15, 0.2) is 12.1 Å². The van der Waals surface area contributed by atoms with E-state index in [0.717, 1.165) is 18.3 Å². The van der Waals surface area contributed by atoms with Gasteiger partial charge >= 0.3 is 6.18 Å². The fraction of sp³-hybridized carbons (Fsp3) is 0.538. The van der Waals surface area contributed by atoms with Crippen LogP contribution in [0.3, 0.4) is 0 Å². The normalized spacial score (nSPS) is 11.9. The zero-order valence-corrected chi connectivity index (χ0v) is 12.2. The predicted octanol–water partition coefficient (Wildman–Crippen LogP) is 3.06. The SMILES string of the molecule is CCn1nc(NCc2cc(C(F)(F)F)nn2CC)cc1C. The highest BCUT2D eigenvalue weighted by atomic mass is 19.4. The van der Waals surface area contributed by atoms with Gasteiger partial charge in [-0.15, -0.1) is 0 Å². The highest BCUT2D eigenvalue weighted by Crippen LogP contribution is 2.28. The summed E-state index contributed by atoms with van der Waals surface area (Å²) in [6, 6.07) is 2.93. The molecular formula is C13H18F3N5. The lowest BCUT2D eigenvalue weighted by molar-refractivity contribution is -0.141. The summed E-state index contributed by atoms with van der Waals surface area (Å²) in [4.78, 5) is 0. The van der Waals surface area contributed by atoms with Crippen LogP contribution in [0.1, 0.15) is 30.9 Å². The second-order valence-corrected chi connectivity index (χ2v) is 4.67. The summed E-state index contributed by atoms with van der Waals surface area (Å²) >= 11 is 0. The maximum atomic E-state index is 12.7. The Balaban J connectivity index is 2.13. The average molecular weight is 301 g/mol. The van der Waals surface area contributed by atoms with Crippen LogP contribution in [0.25, 0.3) is 0 Å². The van der Waals surface area contributed by atoms with Crippen molar-refractivity contribution in [3.05, 3.63) is 29.2 Å². The molecule has 0 saturated heterocycles. The topological polar surface area (TPSA) is 47.7 Å². The molecule has 0 aliphatic rings. The van der Waals surface area contributed by atoms with Gasteiger partial charge in [-0.1, -0.05) is 0 Å². The second-order valence-electron chi connectivity index (χ2n) is 4.67. The molecule has 0 aliphatic carbocycles. The molecule has 0 saturated carbocycles. The molecule has 8 heteroatoms. The molecule has 2 rings (SSSR count). The molecule has 5 nitrogen and oxygen atoms in total. The van der Waals surface area contributed by atoms with Gasteiger partial charge in [0.1, 0.15) is 5.82 Å². The van der Waals surface area contributed by atoms with Gasteiger partial charge in [0.15, 0.2) is 5.69 Å². The summed E-state index contributed by atoms with van der Waals surface area (Å²) in [6.45, 7) is 7.04. The summed E-state index contributed by atoms with van der Waals surface area (Å²) in [5.41, 5.74) is 0.616. The van der Waals surface area contributed by atoms with Crippen molar-refractivity contribution in [2.24, 2.45) is 0 Å². The number of halogens is 3. The van der Waals surface area contributed by atoms with E-state index in [0.29, 0.717) is 18.1 Å². The fourth-order valence-corrected chi connectivity index (χ4v) is 2.11. The summed E-state index contributed by atoms with van der Waals surface area (Å²) in [7, 11) is 0. The molecule has 2 aromatic heterocycles. The van der Waals surface area contributed by atoms with Crippen LogP contribution in [0, 0.1) is 6.92 Å². The Bertz CT molecular complexity index is 612. The molecule has 0 fully saturated rings. The van der Waals surface area contributed by atoms with Crippen molar-refractivity contribution >= 4 is 5.82 Å². The molecule has 0 bridgehead atoms. The van der Waals surface area contributed by atoms with Gasteiger partial charge in [-0.2, -0.15) is 23.4 Å². The first-order valence-electron chi connectivity index (χ1n) is 6.77. The Morgan fingerprint density at radius 3 is 2.29 bits per heavy atom. The third-order valence-corrected chi connectivity index (χ3v) is 3.18. The third kappa shape index (κ3) is 3.37. The number of rotatable bonds is 5. The highest BCUT2D eigenvalue weighted by molar-refractivity contribution is 5.36. The number of aromatic nitrogens is 4. The van der Waals surface area contributed by atoms with E-state index in [2.05, 4.69) is 15.5 Å². The van der Waals surface area contributed by atoms with Crippen LogP contribution < -0.4 is 5.32 Å². The number of hydrogen-bond acceptors (Lipinski definition) is 3.